The van der Waals surface area contributed by atoms with E-state index >= 15 is 0 Å². The number of rotatable bonds is 5. The average molecular weight is 231 g/mol. The Morgan fingerprint density at radius 2 is 2.12 bits per heavy atom. The SMILES string of the molecule is COC1CCC(NC/C=C/c2ccccc2)C1. The molecule has 17 heavy (non-hydrogen) atoms. The van der Waals surface area contributed by atoms with Gasteiger partial charge < -0.3 is 10.1 Å². The van der Waals surface area contributed by atoms with Crippen molar-refractivity contribution >= 4 is 6.08 Å². The molecule has 0 spiro atoms. The molecule has 1 aromatic rings. The fraction of sp³-hybridized carbons (Fsp3) is 0.467. The molecule has 0 bridgehead atoms. The second kappa shape index (κ2) is 6.58. The summed E-state index contributed by atoms with van der Waals surface area (Å²) in [6.45, 7) is 0.940. The van der Waals surface area contributed by atoms with E-state index in [1.165, 1.54) is 18.4 Å². The molecular formula is C15H21NO. The van der Waals surface area contributed by atoms with Crippen molar-refractivity contribution < 1.29 is 4.74 Å². The number of ether oxygens (including phenoxy) is 1. The van der Waals surface area contributed by atoms with Gasteiger partial charge in [-0.25, -0.2) is 0 Å². The summed E-state index contributed by atoms with van der Waals surface area (Å²) in [5, 5.41) is 3.55. The number of hydrogen-bond donors (Lipinski definition) is 1. The summed E-state index contributed by atoms with van der Waals surface area (Å²) in [6, 6.07) is 11.0. The first kappa shape index (κ1) is 12.3. The highest BCUT2D eigenvalue weighted by atomic mass is 16.5. The predicted molar refractivity (Wildman–Crippen MR) is 71.9 cm³/mol. The van der Waals surface area contributed by atoms with Crippen LogP contribution in [0.3, 0.4) is 0 Å². The number of methoxy groups -OCH3 is 1. The van der Waals surface area contributed by atoms with E-state index in [4.69, 9.17) is 4.74 Å². The second-order valence-corrected chi connectivity index (χ2v) is 4.59. The summed E-state index contributed by atoms with van der Waals surface area (Å²) in [5.41, 5.74) is 1.26. The van der Waals surface area contributed by atoms with Crippen LogP contribution < -0.4 is 5.32 Å². The molecule has 1 aliphatic carbocycles. The zero-order chi connectivity index (χ0) is 11.9. The summed E-state index contributed by atoms with van der Waals surface area (Å²) >= 11 is 0. The second-order valence-electron chi connectivity index (χ2n) is 4.59. The standard InChI is InChI=1S/C15H21NO/c1-17-15-10-9-14(12-15)16-11-5-8-13-6-3-2-4-7-13/h2-8,14-16H,9-12H2,1H3/b8-5+. The Kier molecular flexibility index (Phi) is 4.77. The molecule has 2 atom stereocenters. The third-order valence-corrected chi connectivity index (χ3v) is 3.35. The van der Waals surface area contributed by atoms with Gasteiger partial charge in [-0.15, -0.1) is 0 Å². The quantitative estimate of drug-likeness (QED) is 0.841. The highest BCUT2D eigenvalue weighted by molar-refractivity contribution is 5.48. The smallest absolute Gasteiger partial charge is 0.0586 e. The van der Waals surface area contributed by atoms with E-state index in [0.29, 0.717) is 12.1 Å². The van der Waals surface area contributed by atoms with Crippen LogP contribution in [0.4, 0.5) is 0 Å². The molecule has 1 aromatic carbocycles. The van der Waals surface area contributed by atoms with Crippen molar-refractivity contribution in [2.75, 3.05) is 13.7 Å². The average Bonchev–Trinajstić information content (AvgIpc) is 2.84. The Hall–Kier alpha value is -1.12. The molecule has 0 radical (unpaired) electrons. The summed E-state index contributed by atoms with van der Waals surface area (Å²) in [4.78, 5) is 0. The maximum absolute atomic E-state index is 5.36. The molecule has 2 nitrogen and oxygen atoms in total. The molecule has 1 N–H and O–H groups in total. The number of nitrogens with one attached hydrogen (secondary N) is 1. The lowest BCUT2D eigenvalue weighted by Crippen LogP contribution is -2.27. The first-order valence-electron chi connectivity index (χ1n) is 6.36. The Morgan fingerprint density at radius 1 is 1.29 bits per heavy atom. The van der Waals surface area contributed by atoms with Crippen LogP contribution in [-0.4, -0.2) is 25.8 Å². The summed E-state index contributed by atoms with van der Waals surface area (Å²) in [7, 11) is 1.81. The summed E-state index contributed by atoms with van der Waals surface area (Å²) in [5.74, 6) is 0. The van der Waals surface area contributed by atoms with Gasteiger partial charge in [0.2, 0.25) is 0 Å². The molecule has 0 aromatic heterocycles. The summed E-state index contributed by atoms with van der Waals surface area (Å²) in [6.07, 6.45) is 8.39. The van der Waals surface area contributed by atoms with Gasteiger partial charge in [-0.05, 0) is 24.8 Å². The van der Waals surface area contributed by atoms with Crippen molar-refractivity contribution in [1.29, 1.82) is 0 Å². The summed E-state index contributed by atoms with van der Waals surface area (Å²) < 4.78 is 5.36. The largest absolute Gasteiger partial charge is 0.381 e. The van der Waals surface area contributed by atoms with E-state index in [0.717, 1.165) is 13.0 Å². The van der Waals surface area contributed by atoms with Crippen molar-refractivity contribution in [3.8, 4) is 0 Å². The van der Waals surface area contributed by atoms with Gasteiger partial charge in [-0.2, -0.15) is 0 Å². The van der Waals surface area contributed by atoms with Gasteiger partial charge >= 0.3 is 0 Å². The molecule has 2 rings (SSSR count). The maximum atomic E-state index is 5.36. The van der Waals surface area contributed by atoms with E-state index in [1.54, 1.807) is 0 Å². The lowest BCUT2D eigenvalue weighted by atomic mass is 10.2. The molecule has 1 fully saturated rings. The van der Waals surface area contributed by atoms with Crippen LogP contribution in [0.15, 0.2) is 36.4 Å². The first-order chi connectivity index (χ1) is 8.38. The van der Waals surface area contributed by atoms with Gasteiger partial charge in [0.05, 0.1) is 6.10 Å². The molecule has 1 saturated carbocycles. The van der Waals surface area contributed by atoms with Gasteiger partial charge in [0.25, 0.3) is 0 Å². The zero-order valence-electron chi connectivity index (χ0n) is 10.4. The Labute approximate surface area is 104 Å². The maximum Gasteiger partial charge on any atom is 0.0586 e. The van der Waals surface area contributed by atoms with Gasteiger partial charge in [0.15, 0.2) is 0 Å². The van der Waals surface area contributed by atoms with Crippen molar-refractivity contribution in [2.45, 2.75) is 31.4 Å². The molecule has 0 saturated heterocycles. The van der Waals surface area contributed by atoms with E-state index in [1.807, 2.05) is 13.2 Å². The predicted octanol–water partition coefficient (Wildman–Crippen LogP) is 2.86. The fourth-order valence-electron chi connectivity index (χ4n) is 2.33. The van der Waals surface area contributed by atoms with Crippen LogP contribution in [0.2, 0.25) is 0 Å². The minimum absolute atomic E-state index is 0.464. The Morgan fingerprint density at radius 3 is 2.82 bits per heavy atom. The van der Waals surface area contributed by atoms with Crippen LogP contribution in [0, 0.1) is 0 Å². The van der Waals surface area contributed by atoms with Crippen molar-refractivity contribution in [3.63, 3.8) is 0 Å². The monoisotopic (exact) mass is 231 g/mol. The van der Waals surface area contributed by atoms with Gasteiger partial charge in [-0.3, -0.25) is 0 Å². The van der Waals surface area contributed by atoms with Gasteiger partial charge in [0.1, 0.15) is 0 Å². The highest BCUT2D eigenvalue weighted by Gasteiger charge is 2.23. The van der Waals surface area contributed by atoms with Crippen molar-refractivity contribution in [2.24, 2.45) is 0 Å². The fourth-order valence-corrected chi connectivity index (χ4v) is 2.33. The van der Waals surface area contributed by atoms with E-state index in [9.17, 15) is 0 Å². The molecule has 2 heteroatoms. The molecule has 0 aliphatic heterocycles. The lowest BCUT2D eigenvalue weighted by Gasteiger charge is -2.10. The van der Waals surface area contributed by atoms with Crippen LogP contribution in [0.1, 0.15) is 24.8 Å². The number of hydrogen-bond acceptors (Lipinski definition) is 2. The van der Waals surface area contributed by atoms with E-state index in [2.05, 4.69) is 41.7 Å². The van der Waals surface area contributed by atoms with Crippen LogP contribution >= 0.6 is 0 Å². The molecule has 1 aliphatic rings. The first-order valence-corrected chi connectivity index (χ1v) is 6.36. The highest BCUT2D eigenvalue weighted by Crippen LogP contribution is 2.21. The molecule has 0 amide bonds. The molecule has 0 heterocycles. The lowest BCUT2D eigenvalue weighted by molar-refractivity contribution is 0.107. The van der Waals surface area contributed by atoms with Gasteiger partial charge in [0, 0.05) is 19.7 Å². The Balaban J connectivity index is 1.68. The minimum atomic E-state index is 0.464. The third-order valence-electron chi connectivity index (χ3n) is 3.35. The number of benzene rings is 1. The third kappa shape index (κ3) is 3.99. The zero-order valence-corrected chi connectivity index (χ0v) is 10.4. The molecule has 2 unspecified atom stereocenters. The Bertz CT molecular complexity index is 347. The van der Waals surface area contributed by atoms with Crippen LogP contribution in [-0.2, 0) is 4.74 Å². The van der Waals surface area contributed by atoms with Crippen LogP contribution in [0.5, 0.6) is 0 Å². The molecule has 92 valence electrons. The normalized spacial score (nSPS) is 24.5. The van der Waals surface area contributed by atoms with Crippen molar-refractivity contribution in [3.05, 3.63) is 42.0 Å². The van der Waals surface area contributed by atoms with Crippen molar-refractivity contribution in [1.82, 2.24) is 5.32 Å². The van der Waals surface area contributed by atoms with E-state index < -0.39 is 0 Å². The van der Waals surface area contributed by atoms with Crippen LogP contribution in [0.25, 0.3) is 6.08 Å². The van der Waals surface area contributed by atoms with E-state index in [-0.39, 0.29) is 0 Å². The topological polar surface area (TPSA) is 21.3 Å². The molecular weight excluding hydrogens is 210 g/mol. The minimum Gasteiger partial charge on any atom is -0.381 e. The van der Waals surface area contributed by atoms with Gasteiger partial charge in [-0.1, -0.05) is 42.5 Å².